The van der Waals surface area contributed by atoms with E-state index >= 15 is 0 Å². The molecule has 2 N–H and O–H groups in total. The van der Waals surface area contributed by atoms with E-state index in [1.807, 2.05) is 27.5 Å². The van der Waals surface area contributed by atoms with Crippen molar-refractivity contribution in [1.82, 2.24) is 9.80 Å². The zero-order valence-electron chi connectivity index (χ0n) is 18.7. The SMILES string of the molecule is CN(C)C(=O)N1CCCCC1CCOc1cc(F)cc(Cc2ccc(I)cc2F)c1C(N)=O. The molecule has 178 valence electrons. The summed E-state index contributed by atoms with van der Waals surface area (Å²) in [5.74, 6) is -1.78. The van der Waals surface area contributed by atoms with E-state index < -0.39 is 17.5 Å². The molecule has 0 bridgehead atoms. The van der Waals surface area contributed by atoms with Gasteiger partial charge >= 0.3 is 6.03 Å². The van der Waals surface area contributed by atoms with Gasteiger partial charge in [-0.1, -0.05) is 6.07 Å². The van der Waals surface area contributed by atoms with Crippen LogP contribution in [0.25, 0.3) is 0 Å². The summed E-state index contributed by atoms with van der Waals surface area (Å²) in [7, 11) is 3.43. The maximum Gasteiger partial charge on any atom is 0.319 e. The molecule has 1 aliphatic rings. The van der Waals surface area contributed by atoms with Gasteiger partial charge in [-0.3, -0.25) is 4.79 Å². The van der Waals surface area contributed by atoms with Crippen molar-refractivity contribution >= 4 is 34.5 Å². The predicted molar refractivity (Wildman–Crippen MR) is 130 cm³/mol. The van der Waals surface area contributed by atoms with Crippen LogP contribution in [0.2, 0.25) is 0 Å². The number of nitrogens with zero attached hydrogens (tertiary/aromatic N) is 2. The number of carbonyl (C=O) groups excluding carboxylic acids is 2. The second-order valence-electron chi connectivity index (χ2n) is 8.37. The fourth-order valence-corrected chi connectivity index (χ4v) is 4.61. The lowest BCUT2D eigenvalue weighted by molar-refractivity contribution is 0.0993. The van der Waals surface area contributed by atoms with Crippen molar-refractivity contribution in [2.75, 3.05) is 27.2 Å². The molecular formula is C24H28F2IN3O3. The molecule has 1 fully saturated rings. The summed E-state index contributed by atoms with van der Waals surface area (Å²) in [4.78, 5) is 28.1. The van der Waals surface area contributed by atoms with E-state index in [9.17, 15) is 18.4 Å². The van der Waals surface area contributed by atoms with Crippen LogP contribution in [0.5, 0.6) is 5.75 Å². The smallest absolute Gasteiger partial charge is 0.319 e. The van der Waals surface area contributed by atoms with Gasteiger partial charge in [0.2, 0.25) is 0 Å². The third-order valence-electron chi connectivity index (χ3n) is 5.76. The Bertz CT molecular complexity index is 1030. The van der Waals surface area contributed by atoms with Gasteiger partial charge < -0.3 is 20.3 Å². The van der Waals surface area contributed by atoms with E-state index in [0.717, 1.165) is 28.9 Å². The lowest BCUT2D eigenvalue weighted by Crippen LogP contribution is -2.48. The van der Waals surface area contributed by atoms with Crippen molar-refractivity contribution in [3.05, 3.63) is 62.2 Å². The second kappa shape index (κ2) is 11.1. The maximum absolute atomic E-state index is 14.4. The Kier molecular flexibility index (Phi) is 8.50. The van der Waals surface area contributed by atoms with Crippen LogP contribution in [0.15, 0.2) is 30.3 Å². The number of hydrogen-bond donors (Lipinski definition) is 1. The third-order valence-corrected chi connectivity index (χ3v) is 6.43. The van der Waals surface area contributed by atoms with Crippen molar-refractivity contribution in [2.24, 2.45) is 5.73 Å². The molecule has 1 heterocycles. The number of hydrogen-bond acceptors (Lipinski definition) is 3. The first-order chi connectivity index (χ1) is 15.7. The van der Waals surface area contributed by atoms with Crippen LogP contribution < -0.4 is 10.5 Å². The average molecular weight is 571 g/mol. The number of carbonyl (C=O) groups is 2. The van der Waals surface area contributed by atoms with Crippen molar-refractivity contribution in [1.29, 1.82) is 0 Å². The Balaban J connectivity index is 1.78. The standard InChI is InChI=1S/C24H28F2IN3O3/c1-29(2)24(32)30-9-4-3-5-19(30)8-10-33-21-13-17(25)12-16(22(21)23(28)31)11-15-6-7-18(27)14-20(15)26/h6-7,12-14,19H,3-5,8-11H2,1-2H3,(H2,28,31). The summed E-state index contributed by atoms with van der Waals surface area (Å²) < 4.78 is 35.3. The van der Waals surface area contributed by atoms with Crippen molar-refractivity contribution < 1.29 is 23.1 Å². The van der Waals surface area contributed by atoms with E-state index in [4.69, 9.17) is 10.5 Å². The number of halogens is 3. The molecule has 9 heteroatoms. The highest BCUT2D eigenvalue weighted by Crippen LogP contribution is 2.28. The van der Waals surface area contributed by atoms with Crippen molar-refractivity contribution in [3.8, 4) is 5.75 Å². The minimum Gasteiger partial charge on any atom is -0.493 e. The van der Waals surface area contributed by atoms with Gasteiger partial charge in [0.05, 0.1) is 12.2 Å². The van der Waals surface area contributed by atoms with Crippen LogP contribution in [-0.2, 0) is 6.42 Å². The second-order valence-corrected chi connectivity index (χ2v) is 9.62. The lowest BCUT2D eigenvalue weighted by atomic mass is 9.97. The molecule has 2 aromatic carbocycles. The number of amides is 3. The molecule has 0 aromatic heterocycles. The van der Waals surface area contributed by atoms with Crippen molar-refractivity contribution in [3.63, 3.8) is 0 Å². The monoisotopic (exact) mass is 571 g/mol. The molecule has 0 aliphatic carbocycles. The summed E-state index contributed by atoms with van der Waals surface area (Å²) >= 11 is 2.00. The highest BCUT2D eigenvalue weighted by Gasteiger charge is 2.28. The Hall–Kier alpha value is -2.43. The highest BCUT2D eigenvalue weighted by molar-refractivity contribution is 14.1. The minimum absolute atomic E-state index is 0.000375. The number of urea groups is 1. The quantitative estimate of drug-likeness (QED) is 0.496. The van der Waals surface area contributed by atoms with Crippen LogP contribution >= 0.6 is 22.6 Å². The molecule has 2 aromatic rings. The Morgan fingerprint density at radius 2 is 1.94 bits per heavy atom. The highest BCUT2D eigenvalue weighted by atomic mass is 127. The molecule has 1 aliphatic heterocycles. The number of primary amides is 1. The lowest BCUT2D eigenvalue weighted by Gasteiger charge is -2.37. The van der Waals surface area contributed by atoms with Crippen LogP contribution in [0.1, 0.15) is 47.2 Å². The molecule has 0 spiro atoms. The van der Waals surface area contributed by atoms with Crippen LogP contribution in [0, 0.1) is 15.2 Å². The average Bonchev–Trinajstić information content (AvgIpc) is 2.75. The molecule has 33 heavy (non-hydrogen) atoms. The van der Waals surface area contributed by atoms with Gasteiger partial charge in [-0.15, -0.1) is 0 Å². The molecule has 1 saturated heterocycles. The summed E-state index contributed by atoms with van der Waals surface area (Å²) in [6, 6.07) is 6.98. The minimum atomic E-state index is -0.770. The topological polar surface area (TPSA) is 75.9 Å². The van der Waals surface area contributed by atoms with Crippen molar-refractivity contribution in [2.45, 2.75) is 38.1 Å². The third kappa shape index (κ3) is 6.33. The summed E-state index contributed by atoms with van der Waals surface area (Å²) in [6.45, 7) is 0.864. The van der Waals surface area contributed by atoms with E-state index in [-0.39, 0.29) is 42.0 Å². The zero-order chi connectivity index (χ0) is 24.1. The predicted octanol–water partition coefficient (Wildman–Crippen LogP) is 4.56. The number of benzene rings is 2. The Morgan fingerprint density at radius 1 is 1.18 bits per heavy atom. The van der Waals surface area contributed by atoms with Crippen LogP contribution in [0.3, 0.4) is 0 Å². The van der Waals surface area contributed by atoms with Gasteiger partial charge in [0.15, 0.2) is 0 Å². The van der Waals surface area contributed by atoms with Gasteiger partial charge in [0, 0.05) is 49.2 Å². The van der Waals surface area contributed by atoms with E-state index in [1.165, 1.54) is 12.1 Å². The van der Waals surface area contributed by atoms with Gasteiger partial charge in [0.1, 0.15) is 17.4 Å². The maximum atomic E-state index is 14.4. The molecular weight excluding hydrogens is 543 g/mol. The van der Waals surface area contributed by atoms with Gasteiger partial charge in [0.25, 0.3) is 5.91 Å². The summed E-state index contributed by atoms with van der Waals surface area (Å²) in [5, 5.41) is 0. The largest absolute Gasteiger partial charge is 0.493 e. The summed E-state index contributed by atoms with van der Waals surface area (Å²) in [6.07, 6.45) is 3.36. The first-order valence-electron chi connectivity index (χ1n) is 10.8. The first-order valence-corrected chi connectivity index (χ1v) is 11.9. The fourth-order valence-electron chi connectivity index (χ4n) is 4.15. The molecule has 0 saturated carbocycles. The number of ether oxygens (including phenoxy) is 1. The number of nitrogens with two attached hydrogens (primary N) is 1. The summed E-state index contributed by atoms with van der Waals surface area (Å²) in [5.41, 5.74) is 6.23. The molecule has 6 nitrogen and oxygen atoms in total. The van der Waals surface area contributed by atoms with Gasteiger partial charge in [-0.25, -0.2) is 13.6 Å². The van der Waals surface area contributed by atoms with Gasteiger partial charge in [-0.05, 0) is 71.2 Å². The molecule has 3 rings (SSSR count). The number of piperidine rings is 1. The molecule has 0 radical (unpaired) electrons. The van der Waals surface area contributed by atoms with Gasteiger partial charge in [-0.2, -0.15) is 0 Å². The van der Waals surface area contributed by atoms with Crippen LogP contribution in [0.4, 0.5) is 13.6 Å². The number of likely N-dealkylation sites (tertiary alicyclic amines) is 1. The molecule has 3 amide bonds. The number of rotatable bonds is 7. The normalized spacial score (nSPS) is 15.9. The van der Waals surface area contributed by atoms with E-state index in [1.54, 1.807) is 31.1 Å². The Labute approximate surface area is 206 Å². The zero-order valence-corrected chi connectivity index (χ0v) is 20.9. The Morgan fingerprint density at radius 3 is 2.61 bits per heavy atom. The van der Waals surface area contributed by atoms with Crippen LogP contribution in [-0.4, -0.2) is 55.0 Å². The first kappa shape index (κ1) is 25.2. The molecule has 1 atom stereocenters. The van der Waals surface area contributed by atoms with E-state index in [0.29, 0.717) is 18.5 Å². The van der Waals surface area contributed by atoms with E-state index in [2.05, 4.69) is 0 Å². The molecule has 1 unspecified atom stereocenters. The fraction of sp³-hybridized carbons (Fsp3) is 0.417.